The van der Waals surface area contributed by atoms with Crippen LogP contribution in [0.2, 0.25) is 5.02 Å². The van der Waals surface area contributed by atoms with Crippen molar-refractivity contribution in [1.29, 1.82) is 0 Å². The minimum atomic E-state index is -0.239. The molecule has 2 fully saturated rings. The first kappa shape index (κ1) is 24.4. The maximum atomic E-state index is 13.5. The number of amides is 2. The maximum absolute atomic E-state index is 13.5. The molecule has 182 valence electrons. The molecule has 1 heterocycles. The molecule has 0 bridgehead atoms. The molecule has 2 aliphatic rings. The molecule has 7 nitrogen and oxygen atoms in total. The molecule has 2 aromatic carbocycles. The zero-order valence-corrected chi connectivity index (χ0v) is 20.5. The van der Waals surface area contributed by atoms with E-state index in [4.69, 9.17) is 21.1 Å². The summed E-state index contributed by atoms with van der Waals surface area (Å²) in [4.78, 5) is 30.6. The number of halogens is 1. The normalized spacial score (nSPS) is 17.9. The van der Waals surface area contributed by atoms with Gasteiger partial charge in [0.15, 0.2) is 0 Å². The van der Waals surface area contributed by atoms with E-state index in [0.717, 1.165) is 25.7 Å². The summed E-state index contributed by atoms with van der Waals surface area (Å²) in [5.74, 6) is 1.47. The first-order valence-electron chi connectivity index (χ1n) is 11.8. The van der Waals surface area contributed by atoms with Crippen molar-refractivity contribution in [3.8, 4) is 11.5 Å². The van der Waals surface area contributed by atoms with Gasteiger partial charge < -0.3 is 19.7 Å². The van der Waals surface area contributed by atoms with Crippen molar-refractivity contribution in [3.05, 3.63) is 53.1 Å². The second kappa shape index (κ2) is 11.1. The SMILES string of the molecule is COc1cc(NC(=O)[C@H](C2CCCC2)N2CCN(C(=O)c3ccccc3Cl)CC2)cc(OC)c1. The van der Waals surface area contributed by atoms with Gasteiger partial charge in [0, 0.05) is 50.1 Å². The van der Waals surface area contributed by atoms with Crippen LogP contribution in [0.3, 0.4) is 0 Å². The van der Waals surface area contributed by atoms with Gasteiger partial charge in [-0.1, -0.05) is 36.6 Å². The molecule has 1 aliphatic carbocycles. The van der Waals surface area contributed by atoms with Gasteiger partial charge in [0.1, 0.15) is 11.5 Å². The number of benzene rings is 2. The number of methoxy groups -OCH3 is 2. The van der Waals surface area contributed by atoms with Crippen LogP contribution in [0.1, 0.15) is 36.0 Å². The fraction of sp³-hybridized carbons (Fsp3) is 0.462. The predicted molar refractivity (Wildman–Crippen MR) is 133 cm³/mol. The van der Waals surface area contributed by atoms with Crippen LogP contribution < -0.4 is 14.8 Å². The Morgan fingerprint density at radius 1 is 0.971 bits per heavy atom. The number of anilines is 1. The second-order valence-corrected chi connectivity index (χ2v) is 9.30. The van der Waals surface area contributed by atoms with Crippen molar-refractivity contribution in [2.45, 2.75) is 31.7 Å². The fourth-order valence-electron chi connectivity index (χ4n) is 5.06. The lowest BCUT2D eigenvalue weighted by Gasteiger charge is -2.40. The molecule has 4 rings (SSSR count). The molecule has 8 heteroatoms. The highest BCUT2D eigenvalue weighted by molar-refractivity contribution is 6.33. The monoisotopic (exact) mass is 485 g/mol. The number of piperazine rings is 1. The summed E-state index contributed by atoms with van der Waals surface area (Å²) in [6.07, 6.45) is 4.37. The Balaban J connectivity index is 1.46. The molecule has 1 saturated carbocycles. The van der Waals surface area contributed by atoms with Crippen molar-refractivity contribution < 1.29 is 19.1 Å². The molecule has 0 spiro atoms. The van der Waals surface area contributed by atoms with Crippen molar-refractivity contribution in [3.63, 3.8) is 0 Å². The summed E-state index contributed by atoms with van der Waals surface area (Å²) in [6, 6.07) is 12.3. The van der Waals surface area contributed by atoms with E-state index in [1.165, 1.54) is 0 Å². The average Bonchev–Trinajstić information content (AvgIpc) is 3.38. The molecule has 2 aromatic rings. The Morgan fingerprint density at radius 2 is 1.59 bits per heavy atom. The highest BCUT2D eigenvalue weighted by atomic mass is 35.5. The van der Waals surface area contributed by atoms with Crippen molar-refractivity contribution in [2.24, 2.45) is 5.92 Å². The van der Waals surface area contributed by atoms with Gasteiger partial charge >= 0.3 is 0 Å². The van der Waals surface area contributed by atoms with E-state index in [9.17, 15) is 9.59 Å². The summed E-state index contributed by atoms with van der Waals surface area (Å²) >= 11 is 6.24. The molecule has 2 amide bonds. The van der Waals surface area contributed by atoms with Gasteiger partial charge in [-0.25, -0.2) is 0 Å². The molecule has 1 aliphatic heterocycles. The molecular formula is C26H32ClN3O4. The van der Waals surface area contributed by atoms with Gasteiger partial charge in [-0.05, 0) is 30.9 Å². The number of nitrogens with one attached hydrogen (secondary N) is 1. The Hall–Kier alpha value is -2.77. The van der Waals surface area contributed by atoms with Crippen molar-refractivity contribution in [2.75, 3.05) is 45.7 Å². The topological polar surface area (TPSA) is 71.1 Å². The van der Waals surface area contributed by atoms with Crippen LogP contribution in [0.4, 0.5) is 5.69 Å². The van der Waals surface area contributed by atoms with Crippen LogP contribution >= 0.6 is 11.6 Å². The Bertz CT molecular complexity index is 995. The lowest BCUT2D eigenvalue weighted by atomic mass is 9.94. The van der Waals surface area contributed by atoms with Gasteiger partial charge in [-0.2, -0.15) is 0 Å². The second-order valence-electron chi connectivity index (χ2n) is 8.89. The molecule has 34 heavy (non-hydrogen) atoms. The molecule has 1 N–H and O–H groups in total. The van der Waals surface area contributed by atoms with Crippen LogP contribution in [-0.4, -0.2) is 68.1 Å². The zero-order chi connectivity index (χ0) is 24.1. The largest absolute Gasteiger partial charge is 0.497 e. The van der Waals surface area contributed by atoms with E-state index in [-0.39, 0.29) is 17.9 Å². The molecular weight excluding hydrogens is 454 g/mol. The third-order valence-corrected chi connectivity index (χ3v) is 7.16. The Morgan fingerprint density at radius 3 is 2.18 bits per heavy atom. The lowest BCUT2D eigenvalue weighted by Crippen LogP contribution is -2.57. The Kier molecular flexibility index (Phi) is 7.95. The number of rotatable bonds is 7. The third kappa shape index (κ3) is 5.47. The highest BCUT2D eigenvalue weighted by Crippen LogP contribution is 2.33. The summed E-state index contributed by atoms with van der Waals surface area (Å²) < 4.78 is 10.7. The van der Waals surface area contributed by atoms with Gasteiger partial charge in [0.05, 0.1) is 30.8 Å². The quantitative estimate of drug-likeness (QED) is 0.632. The van der Waals surface area contributed by atoms with Crippen LogP contribution in [-0.2, 0) is 4.79 Å². The Labute approximate surface area is 206 Å². The van der Waals surface area contributed by atoms with Gasteiger partial charge in [-0.3, -0.25) is 14.5 Å². The maximum Gasteiger partial charge on any atom is 0.255 e. The first-order chi connectivity index (χ1) is 16.5. The minimum absolute atomic E-state index is 0.0203. The van der Waals surface area contributed by atoms with Crippen molar-refractivity contribution in [1.82, 2.24) is 9.80 Å². The molecule has 1 atom stereocenters. The van der Waals surface area contributed by atoms with Crippen LogP contribution in [0, 0.1) is 5.92 Å². The van der Waals surface area contributed by atoms with E-state index in [1.807, 2.05) is 17.0 Å². The summed E-state index contributed by atoms with van der Waals surface area (Å²) in [5, 5.41) is 3.56. The van der Waals surface area contributed by atoms with E-state index >= 15 is 0 Å². The summed E-state index contributed by atoms with van der Waals surface area (Å²) in [6.45, 7) is 2.42. The van der Waals surface area contributed by atoms with Crippen molar-refractivity contribution >= 4 is 29.1 Å². The van der Waals surface area contributed by atoms with Crippen LogP contribution in [0.15, 0.2) is 42.5 Å². The summed E-state index contributed by atoms with van der Waals surface area (Å²) in [7, 11) is 3.18. The number of hydrogen-bond acceptors (Lipinski definition) is 5. The zero-order valence-electron chi connectivity index (χ0n) is 19.8. The number of nitrogens with zero attached hydrogens (tertiary/aromatic N) is 2. The predicted octanol–water partition coefficient (Wildman–Crippen LogP) is 4.31. The van der Waals surface area contributed by atoms with Gasteiger partial charge in [0.25, 0.3) is 5.91 Å². The number of hydrogen-bond donors (Lipinski definition) is 1. The van der Waals surface area contributed by atoms with Crippen LogP contribution in [0.5, 0.6) is 11.5 Å². The molecule has 0 radical (unpaired) electrons. The van der Waals surface area contributed by atoms with E-state index in [1.54, 1.807) is 44.6 Å². The lowest BCUT2D eigenvalue weighted by molar-refractivity contribution is -0.123. The van der Waals surface area contributed by atoms with Crippen LogP contribution in [0.25, 0.3) is 0 Å². The standard InChI is InChI=1S/C26H32ClN3O4/c1-33-20-15-19(16-21(17-20)34-2)28-25(31)24(18-7-3-4-8-18)29-11-13-30(14-12-29)26(32)22-9-5-6-10-23(22)27/h5-6,9-10,15-18,24H,3-4,7-8,11-14H2,1-2H3,(H,28,31)/t24-/m0/s1. The highest BCUT2D eigenvalue weighted by Gasteiger charge is 2.37. The number of carbonyl (C=O) groups excluding carboxylic acids is 2. The molecule has 1 saturated heterocycles. The van der Waals surface area contributed by atoms with Gasteiger partial charge in [0.2, 0.25) is 5.91 Å². The number of carbonyl (C=O) groups is 2. The summed E-state index contributed by atoms with van der Waals surface area (Å²) in [5.41, 5.74) is 1.17. The van der Waals surface area contributed by atoms with Gasteiger partial charge in [-0.15, -0.1) is 0 Å². The molecule has 0 aromatic heterocycles. The fourth-order valence-corrected chi connectivity index (χ4v) is 5.27. The third-order valence-electron chi connectivity index (χ3n) is 6.83. The number of ether oxygens (including phenoxy) is 2. The van der Waals surface area contributed by atoms with E-state index in [2.05, 4.69) is 10.2 Å². The van der Waals surface area contributed by atoms with E-state index in [0.29, 0.717) is 59.9 Å². The minimum Gasteiger partial charge on any atom is -0.497 e. The molecule has 0 unspecified atom stereocenters. The average molecular weight is 486 g/mol. The smallest absolute Gasteiger partial charge is 0.255 e. The first-order valence-corrected chi connectivity index (χ1v) is 12.2. The van der Waals surface area contributed by atoms with E-state index < -0.39 is 0 Å².